The summed E-state index contributed by atoms with van der Waals surface area (Å²) in [6.45, 7) is 6.09. The number of hydrogen-bond donors (Lipinski definition) is 1. The Kier molecular flexibility index (Phi) is 5.58. The van der Waals surface area contributed by atoms with Gasteiger partial charge in [0.05, 0.1) is 7.11 Å². The molecule has 0 saturated carbocycles. The number of ether oxygens (including phenoxy) is 2. The molecule has 2 aromatic rings. The normalized spacial score (nSPS) is 10.7. The van der Waals surface area contributed by atoms with E-state index >= 15 is 0 Å². The van der Waals surface area contributed by atoms with E-state index in [1.54, 1.807) is 13.3 Å². The van der Waals surface area contributed by atoms with E-state index in [1.165, 1.54) is 0 Å². The van der Waals surface area contributed by atoms with Crippen LogP contribution in [0.4, 0.5) is 0 Å². The highest BCUT2D eigenvalue weighted by molar-refractivity contribution is 5.38. The van der Waals surface area contributed by atoms with Crippen LogP contribution < -0.4 is 14.8 Å². The van der Waals surface area contributed by atoms with Crippen LogP contribution in [0.1, 0.15) is 19.4 Å². The fraction of sp³-hybridized carbons (Fsp3) is 0.353. The molecule has 1 aromatic carbocycles. The molecule has 0 atom stereocenters. The van der Waals surface area contributed by atoms with Crippen LogP contribution >= 0.6 is 0 Å². The quantitative estimate of drug-likeness (QED) is 0.844. The predicted molar refractivity (Wildman–Crippen MR) is 83.8 cm³/mol. The lowest BCUT2D eigenvalue weighted by Gasteiger charge is -2.12. The maximum Gasteiger partial charge on any atom is 0.134 e. The van der Waals surface area contributed by atoms with Gasteiger partial charge in [-0.25, -0.2) is 0 Å². The molecule has 21 heavy (non-hydrogen) atoms. The van der Waals surface area contributed by atoms with E-state index in [0.717, 1.165) is 35.9 Å². The molecule has 0 saturated heterocycles. The molecule has 1 N–H and O–H groups in total. The van der Waals surface area contributed by atoms with Gasteiger partial charge in [-0.15, -0.1) is 0 Å². The Hall–Kier alpha value is -2.07. The largest absolute Gasteiger partial charge is 0.497 e. The third-order valence-electron chi connectivity index (χ3n) is 3.01. The summed E-state index contributed by atoms with van der Waals surface area (Å²) in [6, 6.07) is 9.44. The van der Waals surface area contributed by atoms with Crippen LogP contribution in [0.5, 0.6) is 17.2 Å². The summed E-state index contributed by atoms with van der Waals surface area (Å²) in [7, 11) is 1.65. The Morgan fingerprint density at radius 3 is 2.48 bits per heavy atom. The second-order valence-corrected chi connectivity index (χ2v) is 5.29. The van der Waals surface area contributed by atoms with Gasteiger partial charge in [0.1, 0.15) is 17.2 Å². The molecule has 112 valence electrons. The molecule has 1 aromatic heterocycles. The molecule has 0 fully saturated rings. The molecule has 0 bridgehead atoms. The lowest BCUT2D eigenvalue weighted by Crippen LogP contribution is -2.19. The minimum absolute atomic E-state index is 0.618. The molecule has 0 unspecified atom stereocenters. The molecule has 0 radical (unpaired) electrons. The Morgan fingerprint density at radius 1 is 1.10 bits per heavy atom. The van der Waals surface area contributed by atoms with Gasteiger partial charge < -0.3 is 14.8 Å². The van der Waals surface area contributed by atoms with E-state index in [2.05, 4.69) is 24.1 Å². The maximum atomic E-state index is 5.93. The zero-order valence-electron chi connectivity index (χ0n) is 12.8. The van der Waals surface area contributed by atoms with Crippen molar-refractivity contribution in [3.05, 3.63) is 48.3 Å². The summed E-state index contributed by atoms with van der Waals surface area (Å²) >= 11 is 0. The van der Waals surface area contributed by atoms with Crippen molar-refractivity contribution in [1.29, 1.82) is 0 Å². The van der Waals surface area contributed by atoms with Gasteiger partial charge in [-0.05, 0) is 42.8 Å². The van der Waals surface area contributed by atoms with E-state index in [9.17, 15) is 0 Å². The zero-order valence-corrected chi connectivity index (χ0v) is 12.8. The first-order valence-corrected chi connectivity index (χ1v) is 7.14. The Balaban J connectivity index is 2.04. The van der Waals surface area contributed by atoms with Crippen LogP contribution in [0.25, 0.3) is 0 Å². The molecule has 0 spiro atoms. The number of nitrogens with one attached hydrogen (secondary N) is 1. The van der Waals surface area contributed by atoms with Gasteiger partial charge in [0.15, 0.2) is 0 Å². The second-order valence-electron chi connectivity index (χ2n) is 5.29. The van der Waals surface area contributed by atoms with Crippen molar-refractivity contribution in [3.63, 3.8) is 0 Å². The first-order chi connectivity index (χ1) is 10.2. The minimum atomic E-state index is 0.618. The highest BCUT2D eigenvalue weighted by Gasteiger charge is 2.05. The predicted octanol–water partition coefficient (Wildman–Crippen LogP) is 3.63. The molecule has 4 nitrogen and oxygen atoms in total. The highest BCUT2D eigenvalue weighted by Crippen LogP contribution is 2.26. The number of rotatable bonds is 7. The lowest BCUT2D eigenvalue weighted by atomic mass is 10.2. The fourth-order valence-electron chi connectivity index (χ4n) is 1.91. The number of aromatic nitrogens is 1. The number of hydrogen-bond acceptors (Lipinski definition) is 4. The first kappa shape index (κ1) is 15.3. The van der Waals surface area contributed by atoms with Gasteiger partial charge in [0, 0.05) is 24.5 Å². The van der Waals surface area contributed by atoms with Crippen LogP contribution in [0.3, 0.4) is 0 Å². The first-order valence-electron chi connectivity index (χ1n) is 7.14. The molecular formula is C17H22N2O2. The average Bonchev–Trinajstić information content (AvgIpc) is 2.49. The number of benzene rings is 1. The van der Waals surface area contributed by atoms with Gasteiger partial charge in [0.2, 0.25) is 0 Å². The van der Waals surface area contributed by atoms with Crippen molar-refractivity contribution in [1.82, 2.24) is 10.3 Å². The van der Waals surface area contributed by atoms with Crippen LogP contribution in [-0.2, 0) is 6.54 Å². The van der Waals surface area contributed by atoms with Crippen molar-refractivity contribution < 1.29 is 9.47 Å². The van der Waals surface area contributed by atoms with Gasteiger partial charge >= 0.3 is 0 Å². The summed E-state index contributed by atoms with van der Waals surface area (Å²) in [5.41, 5.74) is 1.05. The number of methoxy groups -OCH3 is 1. The van der Waals surface area contributed by atoms with E-state index in [1.807, 2.05) is 36.5 Å². The molecular weight excluding hydrogens is 264 g/mol. The van der Waals surface area contributed by atoms with Gasteiger partial charge in [0.25, 0.3) is 0 Å². The molecule has 2 rings (SSSR count). The monoisotopic (exact) mass is 286 g/mol. The number of nitrogens with zero attached hydrogens (tertiary/aromatic N) is 1. The zero-order chi connectivity index (χ0) is 15.1. The Morgan fingerprint density at radius 2 is 1.81 bits per heavy atom. The lowest BCUT2D eigenvalue weighted by molar-refractivity contribution is 0.412. The SMILES string of the molecule is COc1ccc(Oc2ccncc2CNCC(C)C)cc1. The van der Waals surface area contributed by atoms with E-state index in [-0.39, 0.29) is 0 Å². The van der Waals surface area contributed by atoms with Crippen LogP contribution in [-0.4, -0.2) is 18.6 Å². The van der Waals surface area contributed by atoms with Crippen LogP contribution in [0.2, 0.25) is 0 Å². The van der Waals surface area contributed by atoms with Crippen LogP contribution in [0, 0.1) is 5.92 Å². The van der Waals surface area contributed by atoms with Crippen molar-refractivity contribution in [3.8, 4) is 17.2 Å². The minimum Gasteiger partial charge on any atom is -0.497 e. The molecule has 1 heterocycles. The fourth-order valence-corrected chi connectivity index (χ4v) is 1.91. The maximum absolute atomic E-state index is 5.93. The van der Waals surface area contributed by atoms with E-state index < -0.39 is 0 Å². The third kappa shape index (κ3) is 4.76. The van der Waals surface area contributed by atoms with E-state index in [4.69, 9.17) is 9.47 Å². The van der Waals surface area contributed by atoms with Gasteiger partial charge in [-0.2, -0.15) is 0 Å². The summed E-state index contributed by atoms with van der Waals surface area (Å²) < 4.78 is 11.1. The third-order valence-corrected chi connectivity index (χ3v) is 3.01. The second kappa shape index (κ2) is 7.64. The standard InChI is InChI=1S/C17H22N2O2/c1-13(2)10-19-12-14-11-18-9-8-17(14)21-16-6-4-15(20-3)5-7-16/h4-9,11,13,19H,10,12H2,1-3H3. The molecule has 0 aliphatic heterocycles. The van der Waals surface area contributed by atoms with Crippen molar-refractivity contribution in [2.24, 2.45) is 5.92 Å². The van der Waals surface area contributed by atoms with Gasteiger partial charge in [-0.1, -0.05) is 13.8 Å². The molecule has 0 aliphatic carbocycles. The summed E-state index contributed by atoms with van der Waals surface area (Å²) in [4.78, 5) is 4.17. The smallest absolute Gasteiger partial charge is 0.134 e. The topological polar surface area (TPSA) is 43.4 Å². The average molecular weight is 286 g/mol. The molecule has 0 amide bonds. The van der Waals surface area contributed by atoms with Crippen molar-refractivity contribution >= 4 is 0 Å². The Labute approximate surface area is 126 Å². The number of pyridine rings is 1. The van der Waals surface area contributed by atoms with Crippen LogP contribution in [0.15, 0.2) is 42.7 Å². The highest BCUT2D eigenvalue weighted by atomic mass is 16.5. The molecule has 4 heteroatoms. The van der Waals surface area contributed by atoms with Crippen molar-refractivity contribution in [2.45, 2.75) is 20.4 Å². The summed E-state index contributed by atoms with van der Waals surface area (Å²) in [5.74, 6) is 3.04. The summed E-state index contributed by atoms with van der Waals surface area (Å²) in [5, 5.41) is 3.41. The molecule has 0 aliphatic rings. The Bertz CT molecular complexity index is 553. The van der Waals surface area contributed by atoms with E-state index in [0.29, 0.717) is 5.92 Å². The van der Waals surface area contributed by atoms with Gasteiger partial charge in [-0.3, -0.25) is 4.98 Å². The van der Waals surface area contributed by atoms with Crippen molar-refractivity contribution in [2.75, 3.05) is 13.7 Å². The summed E-state index contributed by atoms with van der Waals surface area (Å²) in [6.07, 6.45) is 3.58.